The fourth-order valence-electron chi connectivity index (χ4n) is 1.46. The van der Waals surface area contributed by atoms with E-state index in [0.29, 0.717) is 18.1 Å². The predicted molar refractivity (Wildman–Crippen MR) is 54.4 cm³/mol. The molecule has 2 rings (SSSR count). The van der Waals surface area contributed by atoms with Gasteiger partial charge in [0.05, 0.1) is 0 Å². The lowest BCUT2D eigenvalue weighted by atomic mass is 9.95. The third-order valence-electron chi connectivity index (χ3n) is 2.39. The van der Waals surface area contributed by atoms with Crippen LogP contribution in [0.1, 0.15) is 21.7 Å². The van der Waals surface area contributed by atoms with E-state index in [9.17, 15) is 4.79 Å². The molecule has 3 heteroatoms. The van der Waals surface area contributed by atoms with Crippen LogP contribution >= 0.6 is 11.3 Å². The number of aryl methyl sites for hydroxylation is 1. The largest absolute Gasteiger partial charge is 0.316 e. The van der Waals surface area contributed by atoms with Crippen molar-refractivity contribution in [2.45, 2.75) is 13.3 Å². The summed E-state index contributed by atoms with van der Waals surface area (Å²) >= 11 is 1.65. The predicted octanol–water partition coefficient (Wildman–Crippen LogP) is 1.85. The van der Waals surface area contributed by atoms with Crippen LogP contribution in [0.5, 0.6) is 0 Å². The average molecular weight is 195 g/mol. The number of carbonyl (C=O) groups excluding carboxylic acids is 1. The molecule has 70 valence electrons. The molecule has 0 bridgehead atoms. The Bertz CT molecular complexity index is 314. The van der Waals surface area contributed by atoms with Crippen LogP contribution in [-0.2, 0) is 0 Å². The highest BCUT2D eigenvalue weighted by Gasteiger charge is 2.21. The van der Waals surface area contributed by atoms with E-state index in [-0.39, 0.29) is 0 Å². The maximum absolute atomic E-state index is 11.6. The molecule has 13 heavy (non-hydrogen) atoms. The molecule has 2 nitrogen and oxygen atoms in total. The van der Waals surface area contributed by atoms with Gasteiger partial charge in [-0.2, -0.15) is 0 Å². The molecular formula is C10H13NOS. The van der Waals surface area contributed by atoms with Crippen molar-refractivity contribution in [3.63, 3.8) is 0 Å². The van der Waals surface area contributed by atoms with Gasteiger partial charge in [-0.3, -0.25) is 4.79 Å². The number of Topliss-reactive ketones (excluding diaryl/α,β-unsaturated/α-hetero) is 1. The molecule has 0 unspecified atom stereocenters. The molecule has 1 aromatic heterocycles. The minimum atomic E-state index is 0.302. The van der Waals surface area contributed by atoms with Crippen molar-refractivity contribution in [3.05, 3.63) is 21.9 Å². The van der Waals surface area contributed by atoms with Gasteiger partial charge < -0.3 is 5.32 Å². The van der Waals surface area contributed by atoms with Crippen LogP contribution in [0.25, 0.3) is 0 Å². The van der Waals surface area contributed by atoms with Crippen LogP contribution in [0.15, 0.2) is 11.4 Å². The van der Waals surface area contributed by atoms with Crippen LogP contribution in [0.3, 0.4) is 0 Å². The Kier molecular flexibility index (Phi) is 2.47. The third kappa shape index (κ3) is 1.98. The third-order valence-corrected chi connectivity index (χ3v) is 3.25. The number of hydrogen-bond donors (Lipinski definition) is 1. The first-order valence-corrected chi connectivity index (χ1v) is 5.43. The minimum absolute atomic E-state index is 0.302. The van der Waals surface area contributed by atoms with Gasteiger partial charge in [-0.15, -0.1) is 11.3 Å². The molecule has 1 N–H and O–H groups in total. The monoisotopic (exact) mass is 195 g/mol. The first kappa shape index (κ1) is 8.91. The normalized spacial score (nSPS) is 17.0. The Labute approximate surface area is 82.0 Å². The Morgan fingerprint density at radius 1 is 1.69 bits per heavy atom. The first-order valence-electron chi connectivity index (χ1n) is 4.55. The van der Waals surface area contributed by atoms with Crippen LogP contribution < -0.4 is 5.32 Å². The van der Waals surface area contributed by atoms with Crippen molar-refractivity contribution in [1.82, 2.24) is 5.32 Å². The summed E-state index contributed by atoms with van der Waals surface area (Å²) in [6.45, 7) is 4.05. The average Bonchev–Trinajstić information content (AvgIpc) is 2.44. The van der Waals surface area contributed by atoms with E-state index in [4.69, 9.17) is 0 Å². The van der Waals surface area contributed by atoms with Crippen molar-refractivity contribution in [2.24, 2.45) is 5.92 Å². The van der Waals surface area contributed by atoms with Gasteiger partial charge >= 0.3 is 0 Å². The van der Waals surface area contributed by atoms with Gasteiger partial charge in [-0.25, -0.2) is 0 Å². The fraction of sp³-hybridized carbons (Fsp3) is 0.500. The zero-order chi connectivity index (χ0) is 9.26. The van der Waals surface area contributed by atoms with Gasteiger partial charge in [-0.05, 0) is 32.0 Å². The van der Waals surface area contributed by atoms with Gasteiger partial charge in [0.15, 0.2) is 5.78 Å². The van der Waals surface area contributed by atoms with E-state index >= 15 is 0 Å². The smallest absolute Gasteiger partial charge is 0.164 e. The number of nitrogens with one attached hydrogen (secondary N) is 1. The molecule has 0 atom stereocenters. The molecule has 0 spiro atoms. The molecule has 2 heterocycles. The molecule has 0 aliphatic carbocycles. The number of rotatable bonds is 3. The minimum Gasteiger partial charge on any atom is -0.316 e. The van der Waals surface area contributed by atoms with Crippen LogP contribution in [0, 0.1) is 12.8 Å². The quantitative estimate of drug-likeness (QED) is 0.746. The van der Waals surface area contributed by atoms with Crippen molar-refractivity contribution >= 4 is 17.1 Å². The number of thiophene rings is 1. The maximum Gasteiger partial charge on any atom is 0.164 e. The van der Waals surface area contributed by atoms with E-state index in [2.05, 4.69) is 5.32 Å². The SMILES string of the molecule is Cc1cc(C(=O)CC2CNC2)cs1. The van der Waals surface area contributed by atoms with E-state index in [1.54, 1.807) is 11.3 Å². The molecule has 0 saturated carbocycles. The van der Waals surface area contributed by atoms with E-state index in [0.717, 1.165) is 18.7 Å². The molecule has 1 fully saturated rings. The summed E-state index contributed by atoms with van der Waals surface area (Å²) in [7, 11) is 0. The molecule has 1 aromatic rings. The fourth-order valence-corrected chi connectivity index (χ4v) is 2.17. The van der Waals surface area contributed by atoms with E-state index in [1.807, 2.05) is 18.4 Å². The van der Waals surface area contributed by atoms with Gasteiger partial charge in [0.25, 0.3) is 0 Å². The van der Waals surface area contributed by atoms with Crippen molar-refractivity contribution in [2.75, 3.05) is 13.1 Å². The second-order valence-corrected chi connectivity index (χ2v) is 4.71. The summed E-state index contributed by atoms with van der Waals surface area (Å²) < 4.78 is 0. The molecular weight excluding hydrogens is 182 g/mol. The topological polar surface area (TPSA) is 29.1 Å². The highest BCUT2D eigenvalue weighted by molar-refractivity contribution is 7.10. The van der Waals surface area contributed by atoms with Gasteiger partial charge in [0.1, 0.15) is 0 Å². The Balaban J connectivity index is 1.96. The second kappa shape index (κ2) is 3.60. The lowest BCUT2D eigenvalue weighted by Crippen LogP contribution is -2.42. The molecule has 0 amide bonds. The van der Waals surface area contributed by atoms with Gasteiger partial charge in [-0.1, -0.05) is 0 Å². The summed E-state index contributed by atoms with van der Waals surface area (Å²) in [6, 6.07) is 1.99. The van der Waals surface area contributed by atoms with Crippen molar-refractivity contribution < 1.29 is 4.79 Å². The van der Waals surface area contributed by atoms with Crippen LogP contribution in [0.2, 0.25) is 0 Å². The first-order chi connectivity index (χ1) is 6.25. The van der Waals surface area contributed by atoms with E-state index < -0.39 is 0 Å². The highest BCUT2D eigenvalue weighted by Crippen LogP contribution is 2.18. The molecule has 1 aliphatic rings. The lowest BCUT2D eigenvalue weighted by molar-refractivity contribution is 0.0946. The van der Waals surface area contributed by atoms with Crippen LogP contribution in [-0.4, -0.2) is 18.9 Å². The molecule has 0 radical (unpaired) electrons. The van der Waals surface area contributed by atoms with Crippen molar-refractivity contribution in [3.8, 4) is 0 Å². The van der Waals surface area contributed by atoms with Gasteiger partial charge in [0, 0.05) is 22.2 Å². The van der Waals surface area contributed by atoms with Crippen LogP contribution in [0.4, 0.5) is 0 Å². The zero-order valence-electron chi connectivity index (χ0n) is 7.67. The molecule has 0 aromatic carbocycles. The number of carbonyl (C=O) groups is 1. The maximum atomic E-state index is 11.6. The summed E-state index contributed by atoms with van der Waals surface area (Å²) in [5, 5.41) is 5.14. The Morgan fingerprint density at radius 3 is 2.92 bits per heavy atom. The summed E-state index contributed by atoms with van der Waals surface area (Å²) in [6.07, 6.45) is 0.711. The van der Waals surface area contributed by atoms with E-state index in [1.165, 1.54) is 4.88 Å². The second-order valence-electron chi connectivity index (χ2n) is 3.60. The summed E-state index contributed by atoms with van der Waals surface area (Å²) in [4.78, 5) is 12.9. The highest BCUT2D eigenvalue weighted by atomic mass is 32.1. The molecule has 1 aliphatic heterocycles. The Morgan fingerprint density at radius 2 is 2.46 bits per heavy atom. The van der Waals surface area contributed by atoms with Gasteiger partial charge in [0.2, 0.25) is 0 Å². The Hall–Kier alpha value is -0.670. The standard InChI is InChI=1S/C10H13NOS/c1-7-2-9(6-13-7)10(12)3-8-4-11-5-8/h2,6,8,11H,3-5H2,1H3. The molecule has 1 saturated heterocycles. The van der Waals surface area contributed by atoms with Crippen molar-refractivity contribution in [1.29, 1.82) is 0 Å². The summed E-state index contributed by atoms with van der Waals surface area (Å²) in [5.74, 6) is 0.878. The lowest BCUT2D eigenvalue weighted by Gasteiger charge is -2.26. The zero-order valence-corrected chi connectivity index (χ0v) is 8.49. The number of ketones is 1. The summed E-state index contributed by atoms with van der Waals surface area (Å²) in [5.41, 5.74) is 0.898. The number of hydrogen-bond acceptors (Lipinski definition) is 3.